The van der Waals surface area contributed by atoms with Crippen molar-refractivity contribution in [2.45, 2.75) is 71.3 Å². The summed E-state index contributed by atoms with van der Waals surface area (Å²) in [6, 6.07) is 0.714. The molecule has 0 radical (unpaired) electrons. The Morgan fingerprint density at radius 2 is 1.47 bits per heavy atom. The molecule has 3 N–H and O–H groups in total. The van der Waals surface area contributed by atoms with Crippen molar-refractivity contribution in [2.24, 2.45) is 5.73 Å². The average molecular weight is 214 g/mol. The van der Waals surface area contributed by atoms with Gasteiger partial charge in [0.1, 0.15) is 0 Å². The quantitative estimate of drug-likeness (QED) is 0.519. The van der Waals surface area contributed by atoms with Gasteiger partial charge in [-0.15, -0.1) is 0 Å². The summed E-state index contributed by atoms with van der Waals surface area (Å²) >= 11 is 0. The monoisotopic (exact) mass is 214 g/mol. The van der Waals surface area contributed by atoms with Crippen LogP contribution in [0.15, 0.2) is 0 Å². The van der Waals surface area contributed by atoms with Gasteiger partial charge in [-0.05, 0) is 12.8 Å². The van der Waals surface area contributed by atoms with Crippen LogP contribution >= 0.6 is 0 Å². The van der Waals surface area contributed by atoms with E-state index in [2.05, 4.69) is 19.2 Å². The summed E-state index contributed by atoms with van der Waals surface area (Å²) in [5, 5.41) is 3.56. The molecule has 0 rings (SSSR count). The zero-order valence-electron chi connectivity index (χ0n) is 10.7. The maximum Gasteiger partial charge on any atom is 0.00770 e. The second-order valence-corrected chi connectivity index (χ2v) is 4.43. The molecule has 0 saturated heterocycles. The molecule has 0 aliphatic carbocycles. The van der Waals surface area contributed by atoms with Gasteiger partial charge in [-0.25, -0.2) is 0 Å². The minimum Gasteiger partial charge on any atom is -0.329 e. The van der Waals surface area contributed by atoms with Crippen molar-refractivity contribution in [3.8, 4) is 0 Å². The fourth-order valence-electron chi connectivity index (χ4n) is 1.92. The Labute approximate surface area is 96.0 Å². The van der Waals surface area contributed by atoms with Crippen LogP contribution in [-0.2, 0) is 0 Å². The largest absolute Gasteiger partial charge is 0.329 e. The number of nitrogens with two attached hydrogens (primary N) is 1. The molecule has 0 aromatic rings. The van der Waals surface area contributed by atoms with Crippen LogP contribution in [0.5, 0.6) is 0 Å². The first-order chi connectivity index (χ1) is 7.35. The van der Waals surface area contributed by atoms with Gasteiger partial charge < -0.3 is 11.1 Å². The number of unbranched alkanes of at least 4 members (excludes halogenated alkanes) is 4. The molecule has 0 bridgehead atoms. The Kier molecular flexibility index (Phi) is 11.9. The average Bonchev–Trinajstić information content (AvgIpc) is 2.25. The highest BCUT2D eigenvalue weighted by Gasteiger charge is 2.06. The minimum absolute atomic E-state index is 0.714. The number of nitrogens with one attached hydrogen (secondary N) is 1. The highest BCUT2D eigenvalue weighted by Crippen LogP contribution is 2.10. The standard InChI is InChI=1S/C13H30N2/c1-3-5-7-9-13(15-12-11-14)10-8-6-4-2/h13,15H,3-12,14H2,1-2H3. The van der Waals surface area contributed by atoms with Gasteiger partial charge in [-0.1, -0.05) is 52.4 Å². The lowest BCUT2D eigenvalue weighted by Gasteiger charge is -2.18. The van der Waals surface area contributed by atoms with Crippen LogP contribution < -0.4 is 11.1 Å². The van der Waals surface area contributed by atoms with Crippen LogP contribution in [0.3, 0.4) is 0 Å². The van der Waals surface area contributed by atoms with E-state index in [0.717, 1.165) is 13.1 Å². The normalized spacial score (nSPS) is 11.2. The predicted octanol–water partition coefficient (Wildman–Crippen LogP) is 3.06. The third-order valence-electron chi connectivity index (χ3n) is 2.89. The molecule has 2 heteroatoms. The third kappa shape index (κ3) is 10.2. The van der Waals surface area contributed by atoms with E-state index in [9.17, 15) is 0 Å². The summed E-state index contributed by atoms with van der Waals surface area (Å²) in [7, 11) is 0. The van der Waals surface area contributed by atoms with Crippen molar-refractivity contribution in [3.63, 3.8) is 0 Å². The smallest absolute Gasteiger partial charge is 0.00770 e. The summed E-state index contributed by atoms with van der Waals surface area (Å²) in [5.74, 6) is 0. The molecule has 0 aromatic carbocycles. The Bertz CT molecular complexity index is 105. The van der Waals surface area contributed by atoms with Crippen molar-refractivity contribution in [1.82, 2.24) is 5.32 Å². The van der Waals surface area contributed by atoms with Crippen LogP contribution in [0.25, 0.3) is 0 Å². The van der Waals surface area contributed by atoms with Gasteiger partial charge in [0.05, 0.1) is 0 Å². The minimum atomic E-state index is 0.714. The summed E-state index contributed by atoms with van der Waals surface area (Å²) in [4.78, 5) is 0. The number of hydrogen-bond donors (Lipinski definition) is 2. The first kappa shape index (κ1) is 14.9. The van der Waals surface area contributed by atoms with Crippen molar-refractivity contribution in [1.29, 1.82) is 0 Å². The molecule has 0 fully saturated rings. The van der Waals surface area contributed by atoms with Gasteiger partial charge in [0.2, 0.25) is 0 Å². The van der Waals surface area contributed by atoms with E-state index >= 15 is 0 Å². The van der Waals surface area contributed by atoms with Gasteiger partial charge in [-0.2, -0.15) is 0 Å². The third-order valence-corrected chi connectivity index (χ3v) is 2.89. The van der Waals surface area contributed by atoms with E-state index in [1.165, 1.54) is 51.4 Å². The molecule has 0 atom stereocenters. The van der Waals surface area contributed by atoms with E-state index in [-0.39, 0.29) is 0 Å². The van der Waals surface area contributed by atoms with Crippen molar-refractivity contribution in [3.05, 3.63) is 0 Å². The topological polar surface area (TPSA) is 38.0 Å². The molecule has 15 heavy (non-hydrogen) atoms. The van der Waals surface area contributed by atoms with E-state index < -0.39 is 0 Å². The zero-order chi connectivity index (χ0) is 11.4. The van der Waals surface area contributed by atoms with Gasteiger partial charge in [0, 0.05) is 19.1 Å². The van der Waals surface area contributed by atoms with Gasteiger partial charge in [0.25, 0.3) is 0 Å². The lowest BCUT2D eigenvalue weighted by Crippen LogP contribution is -2.33. The fraction of sp³-hybridized carbons (Fsp3) is 1.00. The molecule has 0 amide bonds. The number of rotatable bonds is 11. The highest BCUT2D eigenvalue weighted by atomic mass is 14.9. The van der Waals surface area contributed by atoms with E-state index in [0.29, 0.717) is 6.04 Å². The molecular formula is C13H30N2. The Morgan fingerprint density at radius 3 is 1.87 bits per heavy atom. The van der Waals surface area contributed by atoms with Crippen molar-refractivity contribution in [2.75, 3.05) is 13.1 Å². The summed E-state index contributed by atoms with van der Waals surface area (Å²) in [6.07, 6.45) is 10.8. The highest BCUT2D eigenvalue weighted by molar-refractivity contribution is 4.67. The second kappa shape index (κ2) is 12.0. The van der Waals surface area contributed by atoms with Gasteiger partial charge in [-0.3, -0.25) is 0 Å². The molecule has 92 valence electrons. The zero-order valence-corrected chi connectivity index (χ0v) is 10.7. The van der Waals surface area contributed by atoms with Crippen LogP contribution in [0, 0.1) is 0 Å². The van der Waals surface area contributed by atoms with E-state index in [1.807, 2.05) is 0 Å². The molecular weight excluding hydrogens is 184 g/mol. The molecule has 2 nitrogen and oxygen atoms in total. The van der Waals surface area contributed by atoms with Gasteiger partial charge >= 0.3 is 0 Å². The molecule has 0 aromatic heterocycles. The molecule has 0 spiro atoms. The van der Waals surface area contributed by atoms with Crippen LogP contribution in [0.1, 0.15) is 65.2 Å². The molecule has 0 unspecified atom stereocenters. The van der Waals surface area contributed by atoms with Crippen LogP contribution in [-0.4, -0.2) is 19.1 Å². The molecule has 0 aliphatic rings. The Morgan fingerprint density at radius 1 is 0.933 bits per heavy atom. The molecule has 0 aliphatic heterocycles. The SMILES string of the molecule is CCCCCC(CCCCC)NCCN. The Hall–Kier alpha value is -0.0800. The molecule has 0 heterocycles. The van der Waals surface area contributed by atoms with Crippen LogP contribution in [0.2, 0.25) is 0 Å². The Balaban J connectivity index is 3.53. The lowest BCUT2D eigenvalue weighted by molar-refractivity contribution is 0.423. The lowest BCUT2D eigenvalue weighted by atomic mass is 10.0. The van der Waals surface area contributed by atoms with Crippen LogP contribution in [0.4, 0.5) is 0 Å². The van der Waals surface area contributed by atoms with E-state index in [1.54, 1.807) is 0 Å². The first-order valence-corrected chi connectivity index (χ1v) is 6.78. The summed E-state index contributed by atoms with van der Waals surface area (Å²) in [5.41, 5.74) is 5.52. The predicted molar refractivity (Wildman–Crippen MR) is 69.1 cm³/mol. The summed E-state index contributed by atoms with van der Waals surface area (Å²) in [6.45, 7) is 6.26. The van der Waals surface area contributed by atoms with Crippen molar-refractivity contribution >= 4 is 0 Å². The molecule has 0 saturated carbocycles. The van der Waals surface area contributed by atoms with Crippen molar-refractivity contribution < 1.29 is 0 Å². The number of hydrogen-bond acceptors (Lipinski definition) is 2. The maximum atomic E-state index is 5.52. The fourth-order valence-corrected chi connectivity index (χ4v) is 1.92. The van der Waals surface area contributed by atoms with Gasteiger partial charge in [0.15, 0.2) is 0 Å². The second-order valence-electron chi connectivity index (χ2n) is 4.43. The van der Waals surface area contributed by atoms with E-state index in [4.69, 9.17) is 5.73 Å². The first-order valence-electron chi connectivity index (χ1n) is 6.78. The summed E-state index contributed by atoms with van der Waals surface area (Å²) < 4.78 is 0. The maximum absolute atomic E-state index is 5.52.